The van der Waals surface area contributed by atoms with Crippen LogP contribution in [0, 0.1) is 0 Å². The van der Waals surface area contributed by atoms with Crippen molar-refractivity contribution in [2.24, 2.45) is 0 Å². The molecule has 5 nitrogen and oxygen atoms in total. The Morgan fingerprint density at radius 3 is 2.68 bits per heavy atom. The van der Waals surface area contributed by atoms with Gasteiger partial charge >= 0.3 is 0 Å². The highest BCUT2D eigenvalue weighted by Crippen LogP contribution is 2.25. The zero-order chi connectivity index (χ0) is 13.9. The van der Waals surface area contributed by atoms with Gasteiger partial charge in [0.05, 0.1) is 16.5 Å². The maximum atomic E-state index is 11.4. The largest absolute Gasteiger partial charge is 0.353 e. The molecule has 1 saturated heterocycles. The van der Waals surface area contributed by atoms with Crippen LogP contribution in [0.1, 0.15) is 12.5 Å². The van der Waals surface area contributed by atoms with Crippen molar-refractivity contribution >= 4 is 27.3 Å². The van der Waals surface area contributed by atoms with Crippen LogP contribution in [0.25, 0.3) is 0 Å². The number of hydrogen-bond acceptors (Lipinski definition) is 5. The van der Waals surface area contributed by atoms with E-state index < -0.39 is 9.84 Å². The fraction of sp³-hybridized carbons (Fsp3) is 0.583. The first kappa shape index (κ1) is 14.6. The third-order valence-corrected chi connectivity index (χ3v) is 4.99. The van der Waals surface area contributed by atoms with Gasteiger partial charge in [-0.25, -0.2) is 13.4 Å². The molecule has 0 aliphatic carbocycles. The molecule has 19 heavy (non-hydrogen) atoms. The maximum Gasteiger partial charge on any atom is 0.153 e. The first-order valence-electron chi connectivity index (χ1n) is 6.32. The van der Waals surface area contributed by atoms with Crippen LogP contribution in [-0.2, 0) is 16.4 Å². The standard InChI is InChI=1S/C12H18ClN3O2S/c1-2-14-8-10-7-11(13)12(15-9-10)16-3-5-19(17,18)6-4-16/h7,9,14H,2-6,8H2,1H3. The van der Waals surface area contributed by atoms with Crippen LogP contribution >= 0.6 is 11.6 Å². The van der Waals surface area contributed by atoms with Crippen LogP contribution < -0.4 is 10.2 Å². The van der Waals surface area contributed by atoms with E-state index in [1.807, 2.05) is 17.9 Å². The molecule has 0 unspecified atom stereocenters. The summed E-state index contributed by atoms with van der Waals surface area (Å²) in [5.41, 5.74) is 1.03. The molecule has 1 aromatic rings. The van der Waals surface area contributed by atoms with E-state index in [-0.39, 0.29) is 11.5 Å². The van der Waals surface area contributed by atoms with Crippen molar-refractivity contribution in [1.82, 2.24) is 10.3 Å². The fourth-order valence-corrected chi connectivity index (χ4v) is 3.50. The molecule has 2 heterocycles. The van der Waals surface area contributed by atoms with E-state index in [1.54, 1.807) is 6.20 Å². The molecular formula is C12H18ClN3O2S. The van der Waals surface area contributed by atoms with Crippen molar-refractivity contribution < 1.29 is 8.42 Å². The molecule has 0 bridgehead atoms. The lowest BCUT2D eigenvalue weighted by atomic mass is 10.2. The van der Waals surface area contributed by atoms with Crippen molar-refractivity contribution in [3.63, 3.8) is 0 Å². The summed E-state index contributed by atoms with van der Waals surface area (Å²) >= 11 is 6.23. The Morgan fingerprint density at radius 2 is 2.11 bits per heavy atom. The van der Waals surface area contributed by atoms with E-state index in [1.165, 1.54) is 0 Å². The van der Waals surface area contributed by atoms with Gasteiger partial charge in [-0.2, -0.15) is 0 Å². The van der Waals surface area contributed by atoms with E-state index in [4.69, 9.17) is 11.6 Å². The third-order valence-electron chi connectivity index (χ3n) is 3.10. The maximum absolute atomic E-state index is 11.4. The molecule has 7 heteroatoms. The van der Waals surface area contributed by atoms with Gasteiger partial charge in [0.15, 0.2) is 9.84 Å². The van der Waals surface area contributed by atoms with Gasteiger partial charge in [-0.3, -0.25) is 0 Å². The van der Waals surface area contributed by atoms with E-state index in [0.717, 1.165) is 18.7 Å². The van der Waals surface area contributed by atoms with Crippen molar-refractivity contribution in [1.29, 1.82) is 0 Å². The molecular weight excluding hydrogens is 286 g/mol. The van der Waals surface area contributed by atoms with Crippen LogP contribution in [-0.4, -0.2) is 44.5 Å². The summed E-state index contributed by atoms with van der Waals surface area (Å²) in [5, 5.41) is 3.79. The molecule has 0 atom stereocenters. The predicted octanol–water partition coefficient (Wildman–Crippen LogP) is 1.08. The molecule has 1 aliphatic rings. The second kappa shape index (κ2) is 6.07. The van der Waals surface area contributed by atoms with Gasteiger partial charge in [0.2, 0.25) is 0 Å². The SMILES string of the molecule is CCNCc1cnc(N2CCS(=O)(=O)CC2)c(Cl)c1. The number of hydrogen-bond donors (Lipinski definition) is 1. The zero-order valence-electron chi connectivity index (χ0n) is 10.9. The van der Waals surface area contributed by atoms with Crippen LogP contribution in [0.2, 0.25) is 5.02 Å². The first-order chi connectivity index (χ1) is 9.02. The summed E-state index contributed by atoms with van der Waals surface area (Å²) in [4.78, 5) is 6.29. The monoisotopic (exact) mass is 303 g/mol. The molecule has 0 amide bonds. The number of anilines is 1. The minimum Gasteiger partial charge on any atom is -0.353 e. The Hall–Kier alpha value is -0.850. The average Bonchev–Trinajstić information content (AvgIpc) is 2.37. The second-order valence-corrected chi connectivity index (χ2v) is 7.28. The number of nitrogens with zero attached hydrogens (tertiary/aromatic N) is 2. The molecule has 106 valence electrons. The van der Waals surface area contributed by atoms with Gasteiger partial charge in [0.1, 0.15) is 5.82 Å². The van der Waals surface area contributed by atoms with Gasteiger partial charge in [-0.15, -0.1) is 0 Å². The summed E-state index contributed by atoms with van der Waals surface area (Å²) in [6.07, 6.45) is 1.78. The number of halogens is 1. The Morgan fingerprint density at radius 1 is 1.42 bits per heavy atom. The van der Waals surface area contributed by atoms with E-state index in [2.05, 4.69) is 10.3 Å². The molecule has 0 saturated carbocycles. The van der Waals surface area contributed by atoms with Gasteiger partial charge in [0.25, 0.3) is 0 Å². The quantitative estimate of drug-likeness (QED) is 0.902. The fourth-order valence-electron chi connectivity index (χ4n) is 1.99. The summed E-state index contributed by atoms with van der Waals surface area (Å²) in [5.74, 6) is 1.02. The molecule has 1 N–H and O–H groups in total. The number of rotatable bonds is 4. The number of pyridine rings is 1. The highest BCUT2D eigenvalue weighted by Gasteiger charge is 2.23. The van der Waals surface area contributed by atoms with Gasteiger partial charge in [-0.05, 0) is 18.2 Å². The highest BCUT2D eigenvalue weighted by molar-refractivity contribution is 7.91. The van der Waals surface area contributed by atoms with E-state index in [9.17, 15) is 8.42 Å². The molecule has 0 radical (unpaired) electrons. The smallest absolute Gasteiger partial charge is 0.153 e. The Kier molecular flexibility index (Phi) is 4.65. The lowest BCUT2D eigenvalue weighted by Crippen LogP contribution is -2.40. The topological polar surface area (TPSA) is 62.3 Å². The Bertz CT molecular complexity index is 534. The number of sulfone groups is 1. The van der Waals surface area contributed by atoms with Crippen LogP contribution in [0.3, 0.4) is 0 Å². The van der Waals surface area contributed by atoms with Crippen molar-refractivity contribution in [3.05, 3.63) is 22.8 Å². The minimum atomic E-state index is -2.88. The average molecular weight is 304 g/mol. The van der Waals surface area contributed by atoms with Crippen molar-refractivity contribution in [2.45, 2.75) is 13.5 Å². The van der Waals surface area contributed by atoms with E-state index in [0.29, 0.717) is 23.9 Å². The lowest BCUT2D eigenvalue weighted by Gasteiger charge is -2.28. The van der Waals surface area contributed by atoms with Crippen LogP contribution in [0.15, 0.2) is 12.3 Å². The van der Waals surface area contributed by atoms with E-state index >= 15 is 0 Å². The zero-order valence-corrected chi connectivity index (χ0v) is 12.5. The molecule has 0 aromatic carbocycles. The Balaban J connectivity index is 2.09. The molecule has 0 spiro atoms. The summed E-state index contributed by atoms with van der Waals surface area (Å²) in [6.45, 7) is 4.59. The van der Waals surface area contributed by atoms with Crippen LogP contribution in [0.4, 0.5) is 5.82 Å². The summed E-state index contributed by atoms with van der Waals surface area (Å²) in [6, 6.07) is 1.88. The number of nitrogens with one attached hydrogen (secondary N) is 1. The molecule has 1 aliphatic heterocycles. The third kappa shape index (κ3) is 3.81. The molecule has 2 rings (SSSR count). The van der Waals surface area contributed by atoms with Crippen molar-refractivity contribution in [2.75, 3.05) is 36.0 Å². The molecule has 1 fully saturated rings. The second-order valence-electron chi connectivity index (χ2n) is 4.57. The first-order valence-corrected chi connectivity index (χ1v) is 8.52. The van der Waals surface area contributed by atoms with Gasteiger partial charge in [0, 0.05) is 25.8 Å². The minimum absolute atomic E-state index is 0.171. The summed E-state index contributed by atoms with van der Waals surface area (Å²) < 4.78 is 22.8. The lowest BCUT2D eigenvalue weighted by molar-refractivity contribution is 0.586. The van der Waals surface area contributed by atoms with Crippen LogP contribution in [0.5, 0.6) is 0 Å². The summed E-state index contributed by atoms with van der Waals surface area (Å²) in [7, 11) is -2.88. The number of aromatic nitrogens is 1. The van der Waals surface area contributed by atoms with Gasteiger partial charge in [-0.1, -0.05) is 18.5 Å². The predicted molar refractivity (Wildman–Crippen MR) is 77.5 cm³/mol. The normalized spacial score (nSPS) is 18.5. The van der Waals surface area contributed by atoms with Crippen molar-refractivity contribution in [3.8, 4) is 0 Å². The molecule has 1 aromatic heterocycles. The van der Waals surface area contributed by atoms with Gasteiger partial charge < -0.3 is 10.2 Å². The Labute approximate surface area is 118 Å². The highest BCUT2D eigenvalue weighted by atomic mass is 35.5.